The van der Waals surface area contributed by atoms with Crippen LogP contribution in [0.4, 0.5) is 0 Å². The molecule has 0 radical (unpaired) electrons. The lowest BCUT2D eigenvalue weighted by atomic mass is 10.0. The number of furan rings is 1. The van der Waals surface area contributed by atoms with E-state index in [-0.39, 0.29) is 0 Å². The van der Waals surface area contributed by atoms with Gasteiger partial charge in [-0.25, -0.2) is 15.0 Å². The summed E-state index contributed by atoms with van der Waals surface area (Å²) in [6.07, 6.45) is 0. The van der Waals surface area contributed by atoms with Crippen LogP contribution in [-0.4, -0.2) is 19.5 Å². The lowest BCUT2D eigenvalue weighted by molar-refractivity contribution is 0.669. The summed E-state index contributed by atoms with van der Waals surface area (Å²) in [5.74, 6) is 1.82. The fourth-order valence-electron chi connectivity index (χ4n) is 7.79. The fraction of sp³-hybridized carbons (Fsp3) is 0. The van der Waals surface area contributed by atoms with Crippen LogP contribution in [0.15, 0.2) is 186 Å². The highest BCUT2D eigenvalue weighted by molar-refractivity contribution is 6.13. The van der Waals surface area contributed by atoms with Crippen molar-refractivity contribution in [3.63, 3.8) is 0 Å². The first-order chi connectivity index (χ1) is 26.7. The Morgan fingerprint density at radius 1 is 0.333 bits per heavy atom. The van der Waals surface area contributed by atoms with Crippen LogP contribution in [0.5, 0.6) is 0 Å². The molecule has 0 atom stereocenters. The molecule has 0 unspecified atom stereocenters. The van der Waals surface area contributed by atoms with E-state index in [0.717, 1.165) is 55.4 Å². The minimum Gasteiger partial charge on any atom is -0.456 e. The molecule has 252 valence electrons. The van der Waals surface area contributed by atoms with Gasteiger partial charge in [0, 0.05) is 43.9 Å². The van der Waals surface area contributed by atoms with E-state index in [9.17, 15) is 0 Å². The molecule has 3 heterocycles. The van der Waals surface area contributed by atoms with E-state index >= 15 is 0 Å². The Bertz CT molecular complexity index is 3210. The molecule has 3 aromatic heterocycles. The molecule has 0 saturated heterocycles. The van der Waals surface area contributed by atoms with Gasteiger partial charge in [-0.1, -0.05) is 109 Å². The lowest BCUT2D eigenvalue weighted by Gasteiger charge is -2.11. The highest BCUT2D eigenvalue weighted by Crippen LogP contribution is 2.36. The summed E-state index contributed by atoms with van der Waals surface area (Å²) >= 11 is 0. The van der Waals surface area contributed by atoms with Crippen molar-refractivity contribution in [2.24, 2.45) is 0 Å². The molecule has 0 aliphatic rings. The summed E-state index contributed by atoms with van der Waals surface area (Å²) in [6, 6.07) is 63.4. The average molecular weight is 691 g/mol. The first-order valence-corrected chi connectivity index (χ1v) is 18.1. The minimum atomic E-state index is 0.602. The summed E-state index contributed by atoms with van der Waals surface area (Å²) in [6.45, 7) is 0. The van der Waals surface area contributed by atoms with Gasteiger partial charge in [0.2, 0.25) is 0 Å². The molecule has 8 aromatic carbocycles. The van der Waals surface area contributed by atoms with Crippen LogP contribution in [0.1, 0.15) is 0 Å². The second kappa shape index (κ2) is 12.1. The van der Waals surface area contributed by atoms with Crippen LogP contribution in [0, 0.1) is 0 Å². The third kappa shape index (κ3) is 4.98. The van der Waals surface area contributed by atoms with E-state index < -0.39 is 0 Å². The second-order valence-corrected chi connectivity index (χ2v) is 13.7. The van der Waals surface area contributed by atoms with Crippen LogP contribution >= 0.6 is 0 Å². The number of hydrogen-bond donors (Lipinski definition) is 0. The van der Waals surface area contributed by atoms with Crippen LogP contribution in [0.3, 0.4) is 0 Å². The van der Waals surface area contributed by atoms with Crippen LogP contribution in [-0.2, 0) is 0 Å². The summed E-state index contributed by atoms with van der Waals surface area (Å²) in [5.41, 5.74) is 10.1. The molecule has 0 amide bonds. The molecule has 0 saturated carbocycles. The normalized spacial score (nSPS) is 11.7. The molecule has 0 aliphatic heterocycles. The molecule has 0 spiro atoms. The van der Waals surface area contributed by atoms with Crippen LogP contribution in [0.25, 0.3) is 105 Å². The van der Waals surface area contributed by atoms with E-state index in [2.05, 4.69) is 150 Å². The highest BCUT2D eigenvalue weighted by atomic mass is 16.3. The van der Waals surface area contributed by atoms with Gasteiger partial charge in [0.05, 0.1) is 11.0 Å². The Morgan fingerprint density at radius 2 is 0.926 bits per heavy atom. The van der Waals surface area contributed by atoms with Crippen LogP contribution < -0.4 is 0 Å². The molecule has 0 N–H and O–H groups in total. The SMILES string of the molecule is c1ccc(-c2cccc(-c3nc(-c4ccc(-n5c6ccccc6c6cc7ccccc7cc65)cc4)nc(-c4ccc5oc6ccccc6c5c4)n3)c2)cc1. The smallest absolute Gasteiger partial charge is 0.164 e. The van der Waals surface area contributed by atoms with E-state index in [0.29, 0.717) is 17.5 Å². The van der Waals surface area contributed by atoms with Crippen molar-refractivity contribution < 1.29 is 4.42 Å². The van der Waals surface area contributed by atoms with Gasteiger partial charge in [-0.3, -0.25) is 0 Å². The average Bonchev–Trinajstić information content (AvgIpc) is 3.78. The van der Waals surface area contributed by atoms with Crippen molar-refractivity contribution in [3.05, 3.63) is 182 Å². The van der Waals surface area contributed by atoms with Gasteiger partial charge in [-0.15, -0.1) is 0 Å². The number of aromatic nitrogens is 4. The summed E-state index contributed by atoms with van der Waals surface area (Å²) in [7, 11) is 0. The quantitative estimate of drug-likeness (QED) is 0.180. The molecule has 11 rings (SSSR count). The van der Waals surface area contributed by atoms with Crippen molar-refractivity contribution in [1.82, 2.24) is 19.5 Å². The number of nitrogens with zero attached hydrogens (tertiary/aromatic N) is 4. The van der Waals surface area contributed by atoms with E-state index in [4.69, 9.17) is 19.4 Å². The zero-order valence-electron chi connectivity index (χ0n) is 29.0. The minimum absolute atomic E-state index is 0.602. The van der Waals surface area contributed by atoms with Gasteiger partial charge in [0.1, 0.15) is 11.2 Å². The highest BCUT2D eigenvalue weighted by Gasteiger charge is 2.17. The molecular weight excluding hydrogens is 661 g/mol. The molecule has 11 aromatic rings. The largest absolute Gasteiger partial charge is 0.456 e. The molecule has 54 heavy (non-hydrogen) atoms. The van der Waals surface area contributed by atoms with Gasteiger partial charge in [0.25, 0.3) is 0 Å². The van der Waals surface area contributed by atoms with Gasteiger partial charge in [0.15, 0.2) is 17.5 Å². The molecule has 0 bridgehead atoms. The number of fused-ring (bicyclic) bond motifs is 7. The van der Waals surface area contributed by atoms with Gasteiger partial charge < -0.3 is 8.98 Å². The third-order valence-electron chi connectivity index (χ3n) is 10.4. The number of para-hydroxylation sites is 2. The number of hydrogen-bond acceptors (Lipinski definition) is 4. The Labute approximate surface area is 310 Å². The topological polar surface area (TPSA) is 56.7 Å². The van der Waals surface area contributed by atoms with Crippen molar-refractivity contribution in [2.45, 2.75) is 0 Å². The fourth-order valence-corrected chi connectivity index (χ4v) is 7.79. The maximum absolute atomic E-state index is 6.15. The molecule has 0 fully saturated rings. The monoisotopic (exact) mass is 690 g/mol. The van der Waals surface area contributed by atoms with Gasteiger partial charge >= 0.3 is 0 Å². The van der Waals surface area contributed by atoms with Crippen molar-refractivity contribution in [3.8, 4) is 51.0 Å². The summed E-state index contributed by atoms with van der Waals surface area (Å²) < 4.78 is 8.50. The third-order valence-corrected chi connectivity index (χ3v) is 10.4. The Balaban J connectivity index is 1.07. The number of benzene rings is 8. The summed E-state index contributed by atoms with van der Waals surface area (Å²) in [5, 5.41) is 7.01. The standard InChI is InChI=1S/C49H30N4O/c1-2-11-31(12-3-1)33-15-10-16-36(27-33)48-50-47(51-49(52-48)37-23-26-46-42(29-37)40-18-7-9-20-45(40)54-46)32-21-24-38(25-22-32)53-43-19-8-6-17-39(43)41-28-34-13-4-5-14-35(34)30-44(41)53/h1-30H. The molecular formula is C49H30N4O. The lowest BCUT2D eigenvalue weighted by Crippen LogP contribution is -2.01. The second-order valence-electron chi connectivity index (χ2n) is 13.7. The Kier molecular flexibility index (Phi) is 6.79. The zero-order chi connectivity index (χ0) is 35.6. The van der Waals surface area contributed by atoms with Gasteiger partial charge in [-0.05, 0) is 94.7 Å². The first kappa shape index (κ1) is 30.3. The van der Waals surface area contributed by atoms with E-state index in [1.54, 1.807) is 0 Å². The number of rotatable bonds is 5. The maximum Gasteiger partial charge on any atom is 0.164 e. The first-order valence-electron chi connectivity index (χ1n) is 18.1. The van der Waals surface area contributed by atoms with Crippen molar-refractivity contribution in [2.75, 3.05) is 0 Å². The van der Waals surface area contributed by atoms with E-state index in [1.165, 1.54) is 32.6 Å². The Morgan fingerprint density at radius 3 is 1.74 bits per heavy atom. The molecule has 5 heteroatoms. The molecule has 0 aliphatic carbocycles. The van der Waals surface area contributed by atoms with Crippen LogP contribution in [0.2, 0.25) is 0 Å². The van der Waals surface area contributed by atoms with Crippen molar-refractivity contribution in [1.29, 1.82) is 0 Å². The molecule has 5 nitrogen and oxygen atoms in total. The van der Waals surface area contributed by atoms with E-state index in [1.807, 2.05) is 36.4 Å². The van der Waals surface area contributed by atoms with Gasteiger partial charge in [-0.2, -0.15) is 0 Å². The summed E-state index contributed by atoms with van der Waals surface area (Å²) in [4.78, 5) is 15.3. The Hall–Kier alpha value is -7.37. The maximum atomic E-state index is 6.15. The predicted octanol–water partition coefficient (Wildman–Crippen LogP) is 12.7. The predicted molar refractivity (Wildman–Crippen MR) is 221 cm³/mol. The van der Waals surface area contributed by atoms with Crippen molar-refractivity contribution >= 4 is 54.5 Å². The zero-order valence-corrected chi connectivity index (χ0v) is 29.0.